The van der Waals surface area contributed by atoms with Crippen LogP contribution >= 0.6 is 23.2 Å². The van der Waals surface area contributed by atoms with Crippen molar-refractivity contribution in [3.63, 3.8) is 0 Å². The molecule has 0 aliphatic rings. The Kier molecular flexibility index (Phi) is 8.77. The van der Waals surface area contributed by atoms with Crippen LogP contribution in [0.15, 0.2) is 65.7 Å². The highest BCUT2D eigenvalue weighted by Crippen LogP contribution is 2.31. The van der Waals surface area contributed by atoms with Gasteiger partial charge in [-0.2, -0.15) is 5.10 Å². The first-order chi connectivity index (χ1) is 19.2. The number of pyridine rings is 1. The average molecular weight is 581 g/mol. The van der Waals surface area contributed by atoms with Gasteiger partial charge in [-0.25, -0.2) is 9.89 Å². The molecule has 13 heteroatoms. The van der Waals surface area contributed by atoms with E-state index in [0.717, 1.165) is 5.56 Å². The van der Waals surface area contributed by atoms with E-state index >= 15 is 0 Å². The van der Waals surface area contributed by atoms with Gasteiger partial charge in [0.25, 0.3) is 11.5 Å². The molecule has 40 heavy (non-hydrogen) atoms. The first-order valence-corrected chi connectivity index (χ1v) is 12.6. The topological polar surface area (TPSA) is 166 Å². The zero-order chi connectivity index (χ0) is 28.8. The smallest absolute Gasteiger partial charge is 0.323 e. The number of aliphatic carboxylic acids is 1. The fourth-order valence-corrected chi connectivity index (χ4v) is 4.39. The largest absolute Gasteiger partial charge is 0.480 e. The Balaban J connectivity index is 1.65. The summed E-state index contributed by atoms with van der Waals surface area (Å²) < 4.78 is 0. The van der Waals surface area contributed by atoms with Gasteiger partial charge in [-0.3, -0.25) is 19.4 Å². The van der Waals surface area contributed by atoms with Crippen molar-refractivity contribution in [3.8, 4) is 22.4 Å². The van der Waals surface area contributed by atoms with Gasteiger partial charge in [-0.05, 0) is 35.7 Å². The van der Waals surface area contributed by atoms with Crippen molar-refractivity contribution in [2.24, 2.45) is 0 Å². The van der Waals surface area contributed by atoms with Gasteiger partial charge in [0.2, 0.25) is 0 Å². The molecule has 4 aromatic rings. The molecule has 11 nitrogen and oxygen atoms in total. The van der Waals surface area contributed by atoms with Crippen LogP contribution in [-0.2, 0) is 11.2 Å². The number of H-pyrrole nitrogens is 1. The number of carbonyl (C=O) groups is 3. The molecule has 2 aromatic heterocycles. The summed E-state index contributed by atoms with van der Waals surface area (Å²) in [6, 6.07) is 13.2. The van der Waals surface area contributed by atoms with Crippen LogP contribution in [0.25, 0.3) is 22.4 Å². The molecule has 2 aromatic carbocycles. The first kappa shape index (κ1) is 28.3. The lowest BCUT2D eigenvalue weighted by molar-refractivity contribution is -0.135. The lowest BCUT2D eigenvalue weighted by atomic mass is 9.97. The first-order valence-electron chi connectivity index (χ1n) is 11.9. The Morgan fingerprint density at radius 3 is 2.23 bits per heavy atom. The quantitative estimate of drug-likeness (QED) is 0.199. The normalized spacial score (nSPS) is 10.6. The third-order valence-corrected chi connectivity index (χ3v) is 6.34. The van der Waals surface area contributed by atoms with Crippen LogP contribution in [0.1, 0.15) is 22.8 Å². The summed E-state index contributed by atoms with van der Waals surface area (Å²) in [5, 5.41) is 23.2. The third kappa shape index (κ3) is 6.45. The molecule has 0 saturated carbocycles. The molecule has 0 aliphatic heterocycles. The Hall–Kier alpha value is -4.74. The van der Waals surface area contributed by atoms with Crippen LogP contribution in [-0.4, -0.2) is 44.7 Å². The number of aromatic amines is 1. The highest BCUT2D eigenvalue weighted by Gasteiger charge is 2.19. The highest BCUT2D eigenvalue weighted by molar-refractivity contribution is 6.39. The van der Waals surface area contributed by atoms with Gasteiger partial charge in [0.05, 0.1) is 21.4 Å². The van der Waals surface area contributed by atoms with Crippen LogP contribution in [0.4, 0.5) is 16.2 Å². The Morgan fingerprint density at radius 1 is 0.925 bits per heavy atom. The van der Waals surface area contributed by atoms with E-state index in [2.05, 4.69) is 31.1 Å². The summed E-state index contributed by atoms with van der Waals surface area (Å²) in [4.78, 5) is 52.4. The number of nitrogens with one attached hydrogen (secondary N) is 4. The van der Waals surface area contributed by atoms with E-state index in [1.54, 1.807) is 36.4 Å². The van der Waals surface area contributed by atoms with Gasteiger partial charge in [0, 0.05) is 29.1 Å². The van der Waals surface area contributed by atoms with Gasteiger partial charge in [-0.15, -0.1) is 0 Å². The SMILES string of the molecule is CCc1c(-c2cccc(-c3cccc(C(=O)NCC(=O)O)c3)c2)n[nH]c(=O)c1NC(=O)Nc1c(Cl)cncc1Cl. The summed E-state index contributed by atoms with van der Waals surface area (Å²) in [5.41, 5.74) is 2.88. The molecule has 2 heterocycles. The van der Waals surface area contributed by atoms with Crippen LogP contribution in [0.2, 0.25) is 10.0 Å². The predicted molar refractivity (Wildman–Crippen MR) is 152 cm³/mol. The molecular formula is C27H22Cl2N6O5. The Labute approximate surface area is 237 Å². The number of hydrogen-bond donors (Lipinski definition) is 5. The molecular weight excluding hydrogens is 559 g/mol. The van der Waals surface area contributed by atoms with Crippen LogP contribution < -0.4 is 21.5 Å². The molecule has 0 saturated heterocycles. The second-order valence-corrected chi connectivity index (χ2v) is 9.22. The zero-order valence-electron chi connectivity index (χ0n) is 20.9. The molecule has 0 spiro atoms. The maximum Gasteiger partial charge on any atom is 0.323 e. The molecule has 0 unspecified atom stereocenters. The zero-order valence-corrected chi connectivity index (χ0v) is 22.4. The van der Waals surface area contributed by atoms with E-state index in [1.807, 2.05) is 19.1 Å². The third-order valence-electron chi connectivity index (χ3n) is 5.76. The number of anilines is 2. The van der Waals surface area contributed by atoms with E-state index in [4.69, 9.17) is 28.3 Å². The lowest BCUT2D eigenvalue weighted by Crippen LogP contribution is -2.29. The standard InChI is InChI=1S/C27H22Cl2N6O5/c1-2-18-22(34-35-26(39)23(18)32-27(40)33-24-19(28)11-30-12-20(24)29)16-7-3-5-14(9-16)15-6-4-8-17(10-15)25(38)31-13-21(36)37/h3-12H,2,13H2,1H3,(H,31,38)(H,35,39)(H,36,37)(H2,30,32,33,34,40). The fourth-order valence-electron chi connectivity index (χ4n) is 3.93. The number of aromatic nitrogens is 3. The van der Waals surface area contributed by atoms with E-state index < -0.39 is 30.0 Å². The molecule has 0 aliphatic carbocycles. The second kappa shape index (κ2) is 12.4. The number of halogens is 2. The van der Waals surface area contributed by atoms with Gasteiger partial charge in [0.1, 0.15) is 12.2 Å². The minimum absolute atomic E-state index is 0.00815. The summed E-state index contributed by atoms with van der Waals surface area (Å²) in [6.45, 7) is 1.33. The van der Waals surface area contributed by atoms with E-state index in [9.17, 15) is 19.2 Å². The van der Waals surface area contributed by atoms with E-state index in [-0.39, 0.29) is 21.4 Å². The lowest BCUT2D eigenvalue weighted by Gasteiger charge is -2.15. The number of rotatable bonds is 8. The molecule has 0 atom stereocenters. The molecule has 4 rings (SSSR count). The molecule has 0 bridgehead atoms. The van der Waals surface area contributed by atoms with E-state index in [1.165, 1.54) is 12.4 Å². The summed E-state index contributed by atoms with van der Waals surface area (Å²) in [6.07, 6.45) is 3.01. The number of benzene rings is 2. The molecule has 0 fully saturated rings. The average Bonchev–Trinajstić information content (AvgIpc) is 2.95. The van der Waals surface area contributed by atoms with Crippen LogP contribution in [0.5, 0.6) is 0 Å². The van der Waals surface area contributed by atoms with Crippen molar-refractivity contribution in [1.82, 2.24) is 20.5 Å². The number of hydrogen-bond acceptors (Lipinski definition) is 6. The maximum absolute atomic E-state index is 12.8. The molecule has 3 amide bonds. The van der Waals surface area contributed by atoms with E-state index in [0.29, 0.717) is 34.4 Å². The molecule has 204 valence electrons. The fraction of sp³-hybridized carbons (Fsp3) is 0.111. The molecule has 5 N–H and O–H groups in total. The summed E-state index contributed by atoms with van der Waals surface area (Å²) in [7, 11) is 0. The van der Waals surface area contributed by atoms with Crippen molar-refractivity contribution in [1.29, 1.82) is 0 Å². The van der Waals surface area contributed by atoms with Crippen molar-refractivity contribution in [2.75, 3.05) is 17.2 Å². The van der Waals surface area contributed by atoms with Crippen molar-refractivity contribution >= 4 is 52.5 Å². The number of carboxylic acids is 1. The molecule has 0 radical (unpaired) electrons. The van der Waals surface area contributed by atoms with Gasteiger partial charge < -0.3 is 21.1 Å². The summed E-state index contributed by atoms with van der Waals surface area (Å²) in [5.74, 6) is -1.66. The van der Waals surface area contributed by atoms with Crippen LogP contribution in [0.3, 0.4) is 0 Å². The van der Waals surface area contributed by atoms with Gasteiger partial charge in [0.15, 0.2) is 0 Å². The minimum Gasteiger partial charge on any atom is -0.480 e. The number of carboxylic acid groups (broad SMARTS) is 1. The predicted octanol–water partition coefficient (Wildman–Crippen LogP) is 4.83. The van der Waals surface area contributed by atoms with Crippen molar-refractivity contribution < 1.29 is 19.5 Å². The summed E-state index contributed by atoms with van der Waals surface area (Å²) >= 11 is 12.2. The monoisotopic (exact) mass is 580 g/mol. The highest BCUT2D eigenvalue weighted by atomic mass is 35.5. The number of nitrogens with zero attached hydrogens (tertiary/aromatic N) is 2. The Morgan fingerprint density at radius 2 is 1.55 bits per heavy atom. The Bertz CT molecular complexity index is 1650. The van der Waals surface area contributed by atoms with Crippen molar-refractivity contribution in [3.05, 3.63) is 92.5 Å². The number of amides is 3. The van der Waals surface area contributed by atoms with Gasteiger partial charge >= 0.3 is 12.0 Å². The number of carbonyl (C=O) groups excluding carboxylic acids is 2. The number of urea groups is 1. The van der Waals surface area contributed by atoms with Crippen molar-refractivity contribution in [2.45, 2.75) is 13.3 Å². The van der Waals surface area contributed by atoms with Gasteiger partial charge in [-0.1, -0.05) is 60.5 Å². The minimum atomic E-state index is -1.14. The maximum atomic E-state index is 12.8. The second-order valence-electron chi connectivity index (χ2n) is 8.40. The van der Waals surface area contributed by atoms with Crippen LogP contribution in [0, 0.1) is 0 Å².